The number of nitrogens with zero attached hydrogens (tertiary/aromatic N) is 1. The number of hydrogen-bond acceptors (Lipinski definition) is 6. The molecule has 2 heterocycles. The van der Waals surface area contributed by atoms with Crippen molar-refractivity contribution in [1.29, 1.82) is 0 Å². The lowest BCUT2D eigenvalue weighted by molar-refractivity contribution is -0.130. The maximum absolute atomic E-state index is 12.9. The van der Waals surface area contributed by atoms with E-state index in [1.165, 1.54) is 0 Å². The minimum Gasteiger partial charge on any atom is -0.489 e. The van der Waals surface area contributed by atoms with E-state index in [0.29, 0.717) is 17.9 Å². The van der Waals surface area contributed by atoms with E-state index in [4.69, 9.17) is 9.94 Å². The van der Waals surface area contributed by atoms with Crippen molar-refractivity contribution in [3.8, 4) is 5.75 Å². The third kappa shape index (κ3) is 5.89. The molecule has 8 nitrogen and oxygen atoms in total. The summed E-state index contributed by atoms with van der Waals surface area (Å²) >= 11 is 0. The number of benzene rings is 2. The van der Waals surface area contributed by atoms with Gasteiger partial charge < -0.3 is 15.4 Å². The van der Waals surface area contributed by atoms with E-state index in [9.17, 15) is 9.59 Å². The first kappa shape index (κ1) is 23.7. The molecule has 8 heteroatoms. The number of ether oxygens (including phenoxy) is 1. The summed E-state index contributed by atoms with van der Waals surface area (Å²) < 4.78 is 5.99. The van der Waals surface area contributed by atoms with E-state index in [2.05, 4.69) is 15.6 Å². The quantitative estimate of drug-likeness (QED) is 0.302. The molecule has 0 radical (unpaired) electrons. The molecule has 1 unspecified atom stereocenters. The number of hydroxylamine groups is 1. The van der Waals surface area contributed by atoms with Crippen molar-refractivity contribution in [1.82, 2.24) is 21.1 Å². The van der Waals surface area contributed by atoms with Gasteiger partial charge in [0.25, 0.3) is 5.91 Å². The fourth-order valence-electron chi connectivity index (χ4n) is 4.46. The monoisotopic (exact) mass is 462 g/mol. The number of fused-ring (bicyclic) bond motifs is 1. The smallest absolute Gasteiger partial charge is 0.251 e. The van der Waals surface area contributed by atoms with Crippen LogP contribution in [0, 0.1) is 12.8 Å². The molecule has 1 aliphatic heterocycles. The van der Waals surface area contributed by atoms with Crippen molar-refractivity contribution in [2.24, 2.45) is 5.92 Å². The Morgan fingerprint density at radius 1 is 1.15 bits per heavy atom. The summed E-state index contributed by atoms with van der Waals surface area (Å²) in [6, 6.07) is 16.6. The van der Waals surface area contributed by atoms with E-state index in [0.717, 1.165) is 48.1 Å². The lowest BCUT2D eigenvalue weighted by Crippen LogP contribution is -2.46. The van der Waals surface area contributed by atoms with Crippen molar-refractivity contribution < 1.29 is 19.5 Å². The van der Waals surface area contributed by atoms with Gasteiger partial charge in [0.2, 0.25) is 5.91 Å². The number of pyridine rings is 1. The minimum absolute atomic E-state index is 0.0351. The van der Waals surface area contributed by atoms with Crippen molar-refractivity contribution in [3.05, 3.63) is 71.4 Å². The molecule has 2 aromatic carbocycles. The summed E-state index contributed by atoms with van der Waals surface area (Å²) in [5, 5.41) is 16.3. The molecule has 0 bridgehead atoms. The normalized spacial score (nSPS) is 15.0. The van der Waals surface area contributed by atoms with Crippen molar-refractivity contribution in [3.63, 3.8) is 0 Å². The second-order valence-electron chi connectivity index (χ2n) is 8.66. The Morgan fingerprint density at radius 2 is 1.88 bits per heavy atom. The number of aromatic nitrogens is 1. The molecule has 4 N–H and O–H groups in total. The Labute approximate surface area is 198 Å². The number of rotatable bonds is 8. The molecule has 4 rings (SSSR count). The van der Waals surface area contributed by atoms with E-state index in [-0.39, 0.29) is 24.3 Å². The zero-order valence-corrected chi connectivity index (χ0v) is 19.2. The third-order valence-corrected chi connectivity index (χ3v) is 6.24. The highest BCUT2D eigenvalue weighted by atomic mass is 16.5. The summed E-state index contributed by atoms with van der Waals surface area (Å²) in [7, 11) is 0. The molecule has 1 aromatic heterocycles. The van der Waals surface area contributed by atoms with Crippen LogP contribution in [0.2, 0.25) is 0 Å². The minimum atomic E-state index is -0.508. The summed E-state index contributed by atoms with van der Waals surface area (Å²) in [5.41, 5.74) is 5.08. The molecule has 1 atom stereocenters. The van der Waals surface area contributed by atoms with Gasteiger partial charge in [0.05, 0.1) is 5.52 Å². The fraction of sp³-hybridized carbons (Fsp3) is 0.346. The van der Waals surface area contributed by atoms with Crippen molar-refractivity contribution in [2.45, 2.75) is 38.8 Å². The molecule has 2 amide bonds. The van der Waals surface area contributed by atoms with E-state index < -0.39 is 5.91 Å². The molecule has 0 aliphatic carbocycles. The maximum atomic E-state index is 12.9. The van der Waals surface area contributed by atoms with Crippen molar-refractivity contribution in [2.75, 3.05) is 13.1 Å². The number of carbonyl (C=O) groups excluding carboxylic acids is 2. The molecule has 1 saturated heterocycles. The van der Waals surface area contributed by atoms with Gasteiger partial charge in [-0.2, -0.15) is 0 Å². The predicted octanol–water partition coefficient (Wildman–Crippen LogP) is 3.12. The van der Waals surface area contributed by atoms with Crippen LogP contribution in [0.1, 0.15) is 40.9 Å². The van der Waals surface area contributed by atoms with Crippen LogP contribution in [0.25, 0.3) is 10.9 Å². The van der Waals surface area contributed by atoms with E-state index >= 15 is 0 Å². The second kappa shape index (κ2) is 11.1. The van der Waals surface area contributed by atoms with Crippen LogP contribution in [0.3, 0.4) is 0 Å². The third-order valence-electron chi connectivity index (χ3n) is 6.24. The van der Waals surface area contributed by atoms with E-state index in [1.54, 1.807) is 29.7 Å². The molecular formula is C26H30N4O4. The van der Waals surface area contributed by atoms with Crippen molar-refractivity contribution >= 4 is 22.7 Å². The summed E-state index contributed by atoms with van der Waals surface area (Å²) in [4.78, 5) is 29.2. The zero-order valence-electron chi connectivity index (χ0n) is 19.2. The first-order chi connectivity index (χ1) is 16.5. The van der Waals surface area contributed by atoms with Gasteiger partial charge in [0, 0.05) is 34.7 Å². The molecule has 178 valence electrons. The molecule has 1 aliphatic rings. The van der Waals surface area contributed by atoms with Gasteiger partial charge in [0.15, 0.2) is 0 Å². The van der Waals surface area contributed by atoms with Crippen LogP contribution in [-0.2, 0) is 11.4 Å². The molecule has 34 heavy (non-hydrogen) atoms. The lowest BCUT2D eigenvalue weighted by atomic mass is 9.88. The summed E-state index contributed by atoms with van der Waals surface area (Å²) in [6.07, 6.45) is 1.76. The highest BCUT2D eigenvalue weighted by molar-refractivity contribution is 5.94. The van der Waals surface area contributed by atoms with Crippen LogP contribution < -0.4 is 20.9 Å². The molecule has 1 fully saturated rings. The second-order valence-corrected chi connectivity index (χ2v) is 8.66. The average molecular weight is 463 g/mol. The number of carbonyl (C=O) groups is 2. The standard InChI is InChI=1S/C26H30N4O4/c1-17-14-20(22-4-2-3-5-23(22)28-17)16-34-21-8-6-19(7-9-21)26(32)29-24(15-25(31)30-33)18-10-12-27-13-11-18/h2-9,14,18,24,27,33H,10-13,15-16H2,1H3,(H,29,32)(H,30,31). The Hall–Kier alpha value is -3.49. The first-order valence-corrected chi connectivity index (χ1v) is 11.6. The Balaban J connectivity index is 1.40. The number of para-hydroxylation sites is 1. The SMILES string of the molecule is Cc1cc(COc2ccc(C(=O)NC(CC(=O)NO)C3CCNCC3)cc2)c2ccccc2n1. The summed E-state index contributed by atoms with van der Waals surface area (Å²) in [5.74, 6) is 0.0661. The van der Waals surface area contributed by atoms with Gasteiger partial charge in [0.1, 0.15) is 12.4 Å². The number of nitrogens with one attached hydrogen (secondary N) is 3. The van der Waals surface area contributed by atoms with Gasteiger partial charge in [-0.3, -0.25) is 19.8 Å². The van der Waals surface area contributed by atoms with Gasteiger partial charge in [-0.15, -0.1) is 0 Å². The van der Waals surface area contributed by atoms with Crippen LogP contribution in [-0.4, -0.2) is 41.1 Å². The number of aryl methyl sites for hydroxylation is 1. The van der Waals surface area contributed by atoms with Gasteiger partial charge in [-0.25, -0.2) is 5.48 Å². The number of amides is 2. The van der Waals surface area contributed by atoms with Crippen LogP contribution >= 0.6 is 0 Å². The molecule has 0 spiro atoms. The Kier molecular flexibility index (Phi) is 7.72. The fourth-order valence-corrected chi connectivity index (χ4v) is 4.46. The van der Waals surface area contributed by atoms with E-state index in [1.807, 2.05) is 37.3 Å². The van der Waals surface area contributed by atoms with Gasteiger partial charge in [-0.1, -0.05) is 18.2 Å². The topological polar surface area (TPSA) is 113 Å². The highest BCUT2D eigenvalue weighted by Crippen LogP contribution is 2.22. The maximum Gasteiger partial charge on any atom is 0.251 e. The highest BCUT2D eigenvalue weighted by Gasteiger charge is 2.27. The van der Waals surface area contributed by atoms with Crippen LogP contribution in [0.15, 0.2) is 54.6 Å². The first-order valence-electron chi connectivity index (χ1n) is 11.6. The van der Waals surface area contributed by atoms with Crippen LogP contribution in [0.5, 0.6) is 5.75 Å². The Bertz CT molecular complexity index is 1140. The van der Waals surface area contributed by atoms with Gasteiger partial charge >= 0.3 is 0 Å². The lowest BCUT2D eigenvalue weighted by Gasteiger charge is -2.31. The number of piperidine rings is 1. The van der Waals surface area contributed by atoms with Crippen LogP contribution in [0.4, 0.5) is 0 Å². The summed E-state index contributed by atoms with van der Waals surface area (Å²) in [6.45, 7) is 4.04. The largest absolute Gasteiger partial charge is 0.489 e. The van der Waals surface area contributed by atoms with Gasteiger partial charge in [-0.05, 0) is 75.2 Å². The molecular weight excluding hydrogens is 432 g/mol. The zero-order chi connectivity index (χ0) is 23.9. The Morgan fingerprint density at radius 3 is 2.62 bits per heavy atom. The predicted molar refractivity (Wildman–Crippen MR) is 129 cm³/mol. The number of hydrogen-bond donors (Lipinski definition) is 4. The average Bonchev–Trinajstić information content (AvgIpc) is 2.87. The molecule has 3 aromatic rings. The molecule has 0 saturated carbocycles.